The average molecular weight is 250 g/mol. The van der Waals surface area contributed by atoms with E-state index in [1.807, 2.05) is 18.2 Å². The van der Waals surface area contributed by atoms with Gasteiger partial charge in [-0.2, -0.15) is 0 Å². The van der Waals surface area contributed by atoms with Gasteiger partial charge in [0.15, 0.2) is 0 Å². The van der Waals surface area contributed by atoms with Crippen molar-refractivity contribution in [1.29, 1.82) is 0 Å². The first-order chi connectivity index (χ1) is 9.33. The predicted molar refractivity (Wildman–Crippen MR) is 70.9 cm³/mol. The molecule has 0 saturated carbocycles. The molecule has 0 saturated heterocycles. The number of aromatic nitrogens is 2. The Morgan fingerprint density at radius 2 is 1.84 bits per heavy atom. The van der Waals surface area contributed by atoms with E-state index < -0.39 is 5.97 Å². The summed E-state index contributed by atoms with van der Waals surface area (Å²) in [6, 6.07) is 12.3. The van der Waals surface area contributed by atoms with E-state index in [4.69, 9.17) is 4.74 Å². The van der Waals surface area contributed by atoms with E-state index in [0.29, 0.717) is 11.3 Å². The van der Waals surface area contributed by atoms with Crippen molar-refractivity contribution in [1.82, 2.24) is 9.97 Å². The summed E-state index contributed by atoms with van der Waals surface area (Å²) in [7, 11) is 0. The highest BCUT2D eigenvalue weighted by Gasteiger charge is 2.08. The summed E-state index contributed by atoms with van der Waals surface area (Å²) in [4.78, 5) is 20.0. The van der Waals surface area contributed by atoms with Gasteiger partial charge >= 0.3 is 5.97 Å². The monoisotopic (exact) mass is 250 g/mol. The molecule has 0 atom stereocenters. The number of hydrogen-bond donors (Lipinski definition) is 0. The number of pyridine rings is 2. The number of nitrogens with zero attached hydrogens (tertiary/aromatic N) is 2. The second-order valence-electron chi connectivity index (χ2n) is 3.98. The molecule has 0 bridgehead atoms. The number of carbonyl (C=O) groups is 1. The third kappa shape index (κ3) is 2.42. The van der Waals surface area contributed by atoms with Crippen LogP contribution in [0.3, 0.4) is 0 Å². The number of hydrogen-bond acceptors (Lipinski definition) is 4. The Bertz CT molecular complexity index is 726. The van der Waals surface area contributed by atoms with E-state index in [1.54, 1.807) is 42.9 Å². The Kier molecular flexibility index (Phi) is 2.90. The van der Waals surface area contributed by atoms with E-state index >= 15 is 0 Å². The van der Waals surface area contributed by atoms with Crippen LogP contribution in [0.4, 0.5) is 0 Å². The standard InChI is InChI=1S/C15H10N2O2/c18-15(11-5-8-16-9-6-11)19-13-3-4-14-12(10-13)2-1-7-17-14/h1-10H. The van der Waals surface area contributed by atoms with Crippen LogP contribution in [0.2, 0.25) is 0 Å². The van der Waals surface area contributed by atoms with Crippen LogP contribution >= 0.6 is 0 Å². The highest BCUT2D eigenvalue weighted by atomic mass is 16.5. The van der Waals surface area contributed by atoms with Crippen LogP contribution in [0.15, 0.2) is 61.1 Å². The molecule has 1 aromatic carbocycles. The minimum atomic E-state index is -0.398. The topological polar surface area (TPSA) is 52.1 Å². The summed E-state index contributed by atoms with van der Waals surface area (Å²) in [5, 5.41) is 0.933. The van der Waals surface area contributed by atoms with Crippen molar-refractivity contribution in [3.05, 3.63) is 66.6 Å². The van der Waals surface area contributed by atoms with Crippen molar-refractivity contribution in [2.24, 2.45) is 0 Å². The summed E-state index contributed by atoms with van der Waals surface area (Å²) in [6.45, 7) is 0. The van der Waals surface area contributed by atoms with Gasteiger partial charge in [0.1, 0.15) is 5.75 Å². The molecule has 0 radical (unpaired) electrons. The molecule has 2 heterocycles. The zero-order chi connectivity index (χ0) is 13.1. The van der Waals surface area contributed by atoms with E-state index in [-0.39, 0.29) is 0 Å². The maximum Gasteiger partial charge on any atom is 0.343 e. The van der Waals surface area contributed by atoms with Gasteiger partial charge in [-0.3, -0.25) is 9.97 Å². The number of esters is 1. The molecule has 0 unspecified atom stereocenters. The maximum absolute atomic E-state index is 11.9. The van der Waals surface area contributed by atoms with Crippen molar-refractivity contribution in [2.45, 2.75) is 0 Å². The Balaban J connectivity index is 1.87. The molecule has 3 rings (SSSR count). The van der Waals surface area contributed by atoms with Crippen LogP contribution in [0.1, 0.15) is 10.4 Å². The van der Waals surface area contributed by atoms with Crippen LogP contribution in [0, 0.1) is 0 Å². The van der Waals surface area contributed by atoms with Gasteiger partial charge in [0.25, 0.3) is 0 Å². The normalized spacial score (nSPS) is 10.3. The Morgan fingerprint density at radius 3 is 2.68 bits per heavy atom. The first kappa shape index (κ1) is 11.3. The third-order valence-corrected chi connectivity index (χ3v) is 2.70. The maximum atomic E-state index is 11.9. The molecule has 0 aliphatic rings. The Morgan fingerprint density at radius 1 is 1.00 bits per heavy atom. The van der Waals surface area contributed by atoms with Gasteiger partial charge in [0.05, 0.1) is 11.1 Å². The number of rotatable bonds is 2. The lowest BCUT2D eigenvalue weighted by Gasteiger charge is -2.05. The highest BCUT2D eigenvalue weighted by Crippen LogP contribution is 2.19. The molecule has 4 heteroatoms. The number of carbonyl (C=O) groups excluding carboxylic acids is 1. The fraction of sp³-hybridized carbons (Fsp3) is 0. The second-order valence-corrected chi connectivity index (χ2v) is 3.98. The van der Waals surface area contributed by atoms with E-state index in [1.165, 1.54) is 0 Å². The van der Waals surface area contributed by atoms with Gasteiger partial charge < -0.3 is 4.74 Å². The fourth-order valence-electron chi connectivity index (χ4n) is 1.77. The van der Waals surface area contributed by atoms with Gasteiger partial charge in [0, 0.05) is 24.0 Å². The molecule has 0 spiro atoms. The zero-order valence-corrected chi connectivity index (χ0v) is 9.98. The molecular formula is C15H10N2O2. The van der Waals surface area contributed by atoms with Crippen LogP contribution in [-0.4, -0.2) is 15.9 Å². The highest BCUT2D eigenvalue weighted by molar-refractivity contribution is 5.91. The smallest absolute Gasteiger partial charge is 0.343 e. The Hall–Kier alpha value is -2.75. The van der Waals surface area contributed by atoms with Gasteiger partial charge in [0.2, 0.25) is 0 Å². The van der Waals surface area contributed by atoms with E-state index in [2.05, 4.69) is 9.97 Å². The first-order valence-electron chi connectivity index (χ1n) is 5.80. The zero-order valence-electron chi connectivity index (χ0n) is 9.98. The van der Waals surface area contributed by atoms with Gasteiger partial charge in [-0.05, 0) is 36.4 Å². The lowest BCUT2D eigenvalue weighted by Crippen LogP contribution is -2.08. The fourth-order valence-corrected chi connectivity index (χ4v) is 1.77. The summed E-state index contributed by atoms with van der Waals surface area (Å²) < 4.78 is 5.31. The number of fused-ring (bicyclic) bond motifs is 1. The molecule has 4 nitrogen and oxygen atoms in total. The summed E-state index contributed by atoms with van der Waals surface area (Å²) in [6.07, 6.45) is 4.84. The van der Waals surface area contributed by atoms with Crippen molar-refractivity contribution in [3.63, 3.8) is 0 Å². The van der Waals surface area contributed by atoms with Gasteiger partial charge in [-0.1, -0.05) is 6.07 Å². The lowest BCUT2D eigenvalue weighted by atomic mass is 10.2. The third-order valence-electron chi connectivity index (χ3n) is 2.70. The van der Waals surface area contributed by atoms with Crippen LogP contribution < -0.4 is 4.74 Å². The SMILES string of the molecule is O=C(Oc1ccc2ncccc2c1)c1ccncc1. The van der Waals surface area contributed by atoms with Crippen molar-refractivity contribution in [3.8, 4) is 5.75 Å². The largest absolute Gasteiger partial charge is 0.423 e. The molecule has 0 fully saturated rings. The lowest BCUT2D eigenvalue weighted by molar-refractivity contribution is 0.0735. The molecular weight excluding hydrogens is 240 g/mol. The molecule has 0 aliphatic carbocycles. The summed E-state index contributed by atoms with van der Waals surface area (Å²) in [5.74, 6) is 0.105. The molecule has 0 amide bonds. The van der Waals surface area contributed by atoms with Crippen molar-refractivity contribution >= 4 is 16.9 Å². The number of ether oxygens (including phenoxy) is 1. The molecule has 3 aromatic rings. The minimum Gasteiger partial charge on any atom is -0.423 e. The van der Waals surface area contributed by atoms with Crippen molar-refractivity contribution < 1.29 is 9.53 Å². The van der Waals surface area contributed by atoms with Gasteiger partial charge in [-0.15, -0.1) is 0 Å². The van der Waals surface area contributed by atoms with Crippen LogP contribution in [-0.2, 0) is 0 Å². The van der Waals surface area contributed by atoms with Crippen LogP contribution in [0.5, 0.6) is 5.75 Å². The van der Waals surface area contributed by atoms with E-state index in [9.17, 15) is 4.79 Å². The second kappa shape index (κ2) is 4.86. The average Bonchev–Trinajstić information content (AvgIpc) is 2.48. The predicted octanol–water partition coefficient (Wildman–Crippen LogP) is 2.85. The molecule has 0 aliphatic heterocycles. The minimum absolute atomic E-state index is 0.398. The first-order valence-corrected chi connectivity index (χ1v) is 5.80. The van der Waals surface area contributed by atoms with E-state index in [0.717, 1.165) is 10.9 Å². The molecule has 2 aromatic heterocycles. The van der Waals surface area contributed by atoms with Crippen molar-refractivity contribution in [2.75, 3.05) is 0 Å². The molecule has 92 valence electrons. The Labute approximate surface area is 109 Å². The summed E-state index contributed by atoms with van der Waals surface area (Å²) >= 11 is 0. The quantitative estimate of drug-likeness (QED) is 0.518. The van der Waals surface area contributed by atoms with Crippen LogP contribution in [0.25, 0.3) is 10.9 Å². The number of benzene rings is 1. The molecule has 0 N–H and O–H groups in total. The summed E-state index contributed by atoms with van der Waals surface area (Å²) in [5.41, 5.74) is 1.34. The molecule has 19 heavy (non-hydrogen) atoms. The van der Waals surface area contributed by atoms with Gasteiger partial charge in [-0.25, -0.2) is 4.79 Å².